The number of hydrogen-bond donors (Lipinski definition) is 0. The van der Waals surface area contributed by atoms with Gasteiger partial charge in [0, 0.05) is 0 Å². The van der Waals surface area contributed by atoms with Gasteiger partial charge < -0.3 is 37.2 Å². The minimum atomic E-state index is -2.43. The van der Waals surface area contributed by atoms with Crippen LogP contribution in [0.25, 0.3) is 0 Å². The molecule has 0 saturated heterocycles. The molecule has 4 rings (SSSR count). The minimum absolute atomic E-state index is 0. The monoisotopic (exact) mass is 546 g/mol. The first-order valence-electron chi connectivity index (χ1n) is 10.4. The number of hydrogen-bond acceptors (Lipinski definition) is 0. The first-order chi connectivity index (χ1) is 13.9. The van der Waals surface area contributed by atoms with Gasteiger partial charge in [0.25, 0.3) is 0 Å². The third-order valence-electron chi connectivity index (χ3n) is 6.10. The molecule has 4 aromatic carbocycles. The molecule has 0 aliphatic rings. The van der Waals surface area contributed by atoms with Gasteiger partial charge in [-0.3, -0.25) is 0 Å². The minimum Gasteiger partial charge on any atom is -1.00 e. The van der Waals surface area contributed by atoms with E-state index in [0.29, 0.717) is 0 Å². The largest absolute Gasteiger partial charge is 4.00 e. The van der Waals surface area contributed by atoms with E-state index in [1.165, 1.54) is 43.4 Å². The summed E-state index contributed by atoms with van der Waals surface area (Å²) in [6.07, 6.45) is 0. The van der Waals surface area contributed by atoms with Crippen LogP contribution in [-0.2, 0) is 21.7 Å². The van der Waals surface area contributed by atoms with Gasteiger partial charge in [-0.2, -0.15) is 11.1 Å². The Morgan fingerprint density at radius 2 is 0.788 bits per heavy atom. The molecule has 0 amide bonds. The molecule has 0 aliphatic heterocycles. The Kier molecular flexibility index (Phi) is 12.6. The van der Waals surface area contributed by atoms with Gasteiger partial charge in [-0.15, -0.1) is 5.19 Å². The second-order valence-electron chi connectivity index (χ2n) is 8.43. The standard InChI is InChI=1S/C28H29Si.3ClH.Ti/c1-20-9-6-12-25(17-20)29(26-13-7-10-21(2)18-26,27-14-8-11-22(3)19-27)28-23(4)15-16-24(28)5;;;;/h6-19H,1-5H3;3*1H;/q-1;;;;+4/p-3. The van der Waals surface area contributed by atoms with Gasteiger partial charge in [0.15, 0.2) is 0 Å². The van der Waals surface area contributed by atoms with Crippen molar-refractivity contribution >= 4 is 28.8 Å². The molecule has 0 spiro atoms. The van der Waals surface area contributed by atoms with Crippen LogP contribution in [0.1, 0.15) is 27.8 Å². The molecule has 0 aliphatic carbocycles. The second-order valence-corrected chi connectivity index (χ2v) is 12.2. The fourth-order valence-electron chi connectivity index (χ4n) is 4.89. The molecule has 0 fully saturated rings. The van der Waals surface area contributed by atoms with Crippen molar-refractivity contribution in [1.29, 1.82) is 0 Å². The molecule has 0 N–H and O–H groups in total. The van der Waals surface area contributed by atoms with Crippen LogP contribution < -0.4 is 58.0 Å². The Morgan fingerprint density at radius 1 is 0.485 bits per heavy atom. The molecule has 4 aromatic rings. The molecule has 5 heteroatoms. The van der Waals surface area contributed by atoms with Gasteiger partial charge in [0.05, 0.1) is 0 Å². The molecule has 0 nitrogen and oxygen atoms in total. The Hall–Kier alpha value is -1.19. The number of halogens is 3. The number of aryl methyl sites for hydroxylation is 5. The van der Waals surface area contributed by atoms with Gasteiger partial charge in [0.2, 0.25) is 0 Å². The summed E-state index contributed by atoms with van der Waals surface area (Å²) < 4.78 is 0. The Balaban J connectivity index is 0.00000256. The summed E-state index contributed by atoms with van der Waals surface area (Å²) in [5.74, 6) is 0. The van der Waals surface area contributed by atoms with Crippen molar-refractivity contribution in [1.82, 2.24) is 0 Å². The molecule has 0 unspecified atom stereocenters. The Labute approximate surface area is 233 Å². The molecular formula is C28H29Cl3SiTi. The third kappa shape index (κ3) is 5.91. The third-order valence-corrected chi connectivity index (χ3v) is 11.2. The fraction of sp³-hybridized carbons (Fsp3) is 0.179. The van der Waals surface area contributed by atoms with Crippen molar-refractivity contribution in [2.75, 3.05) is 0 Å². The second kappa shape index (κ2) is 13.0. The van der Waals surface area contributed by atoms with E-state index in [-0.39, 0.29) is 58.9 Å². The summed E-state index contributed by atoms with van der Waals surface area (Å²) in [5.41, 5.74) is 6.77. The van der Waals surface area contributed by atoms with E-state index in [4.69, 9.17) is 0 Å². The maximum atomic E-state index is 2.42. The molecule has 0 heterocycles. The smallest absolute Gasteiger partial charge is 1.00 e. The average molecular weight is 548 g/mol. The van der Waals surface area contributed by atoms with E-state index in [1.807, 2.05) is 0 Å². The molecule has 0 bridgehead atoms. The SMILES string of the molecule is Cc1cccc([Si](c2cccc(C)c2)(c2cccc(C)c2)[c-]2c(C)ccc2C)c1.[Cl-].[Cl-].[Cl-].[Ti+4]. The normalized spacial score (nSPS) is 10.2. The van der Waals surface area contributed by atoms with Crippen LogP contribution in [-0.4, -0.2) is 8.07 Å². The van der Waals surface area contributed by atoms with Crippen molar-refractivity contribution in [2.24, 2.45) is 0 Å². The Bertz CT molecular complexity index is 1050. The van der Waals surface area contributed by atoms with Gasteiger partial charge in [0.1, 0.15) is 8.07 Å². The van der Waals surface area contributed by atoms with Crippen LogP contribution in [0.3, 0.4) is 0 Å². The molecule has 0 atom stereocenters. The molecule has 0 aromatic heterocycles. The van der Waals surface area contributed by atoms with E-state index in [2.05, 4.69) is 120 Å². The summed E-state index contributed by atoms with van der Waals surface area (Å²) in [7, 11) is -2.43. The quantitative estimate of drug-likeness (QED) is 0.137. The summed E-state index contributed by atoms with van der Waals surface area (Å²) in [6.45, 7) is 11.2. The van der Waals surface area contributed by atoms with Crippen LogP contribution in [0.15, 0.2) is 84.9 Å². The molecule has 33 heavy (non-hydrogen) atoms. The molecule has 170 valence electrons. The van der Waals surface area contributed by atoms with Gasteiger partial charge in [-0.25, -0.2) is 12.1 Å². The van der Waals surface area contributed by atoms with Gasteiger partial charge in [-0.05, 0) is 20.8 Å². The van der Waals surface area contributed by atoms with E-state index < -0.39 is 8.07 Å². The van der Waals surface area contributed by atoms with E-state index >= 15 is 0 Å². The van der Waals surface area contributed by atoms with Gasteiger partial charge >= 0.3 is 21.7 Å². The van der Waals surface area contributed by atoms with Crippen LogP contribution in [0.4, 0.5) is 0 Å². The van der Waals surface area contributed by atoms with Crippen molar-refractivity contribution in [3.05, 3.63) is 113 Å². The topological polar surface area (TPSA) is 0 Å². The van der Waals surface area contributed by atoms with Crippen molar-refractivity contribution < 1.29 is 58.9 Å². The zero-order valence-corrected chi connectivity index (χ0v) is 24.5. The molecular weight excluding hydrogens is 519 g/mol. The van der Waals surface area contributed by atoms with Crippen molar-refractivity contribution in [3.63, 3.8) is 0 Å². The average Bonchev–Trinajstić information content (AvgIpc) is 3.02. The van der Waals surface area contributed by atoms with Crippen LogP contribution in [0.2, 0.25) is 0 Å². The summed E-state index contributed by atoms with van der Waals surface area (Å²) in [5, 5.41) is 5.93. The first kappa shape index (κ1) is 31.8. The predicted molar refractivity (Wildman–Crippen MR) is 129 cm³/mol. The van der Waals surface area contributed by atoms with Gasteiger partial charge in [-0.1, -0.05) is 119 Å². The number of rotatable bonds is 4. The predicted octanol–water partition coefficient (Wildman–Crippen LogP) is -4.67. The first-order valence-corrected chi connectivity index (χ1v) is 12.4. The zero-order chi connectivity index (χ0) is 20.6. The summed E-state index contributed by atoms with van der Waals surface area (Å²) in [6, 6.07) is 32.2. The van der Waals surface area contributed by atoms with Crippen molar-refractivity contribution in [2.45, 2.75) is 34.6 Å². The summed E-state index contributed by atoms with van der Waals surface area (Å²) >= 11 is 0. The van der Waals surface area contributed by atoms with E-state index in [1.54, 1.807) is 5.19 Å². The summed E-state index contributed by atoms with van der Waals surface area (Å²) in [4.78, 5) is 0. The zero-order valence-electron chi connectivity index (χ0n) is 19.7. The fourth-order valence-corrected chi connectivity index (χ4v) is 10.5. The Morgan fingerprint density at radius 3 is 1.06 bits per heavy atom. The van der Waals surface area contributed by atoms with Crippen LogP contribution in [0.5, 0.6) is 0 Å². The molecule has 0 radical (unpaired) electrons. The van der Waals surface area contributed by atoms with Crippen molar-refractivity contribution in [3.8, 4) is 0 Å². The molecule has 0 saturated carbocycles. The number of benzene rings is 3. The van der Waals surface area contributed by atoms with Crippen LogP contribution in [0, 0.1) is 34.6 Å². The van der Waals surface area contributed by atoms with E-state index in [9.17, 15) is 0 Å². The maximum Gasteiger partial charge on any atom is 4.00 e. The van der Waals surface area contributed by atoms with Crippen LogP contribution >= 0.6 is 0 Å². The van der Waals surface area contributed by atoms with E-state index in [0.717, 1.165) is 0 Å². The maximum absolute atomic E-state index is 2.43.